The Morgan fingerprint density at radius 1 is 0.688 bits per heavy atom. The van der Waals surface area contributed by atoms with Crippen LogP contribution in [0.25, 0.3) is 6.08 Å². The second-order valence-corrected chi connectivity index (χ2v) is 11.1. The summed E-state index contributed by atoms with van der Waals surface area (Å²) < 4.78 is 0. The monoisotopic (exact) mass is 452 g/mol. The predicted octanol–water partition coefficient (Wildman–Crippen LogP) is 5.03. The minimum absolute atomic E-state index is 0.196. The summed E-state index contributed by atoms with van der Waals surface area (Å²) in [6.45, 7) is 4.32. The summed E-state index contributed by atoms with van der Waals surface area (Å²) in [5.74, 6) is 0. The van der Waals surface area contributed by atoms with Gasteiger partial charge in [-0.15, -0.1) is 0 Å². The van der Waals surface area contributed by atoms with E-state index in [1.807, 2.05) is 37.3 Å². The van der Waals surface area contributed by atoms with Gasteiger partial charge < -0.3 is 0 Å². The third-order valence-electron chi connectivity index (χ3n) is 5.19. The molecule has 0 saturated heterocycles. The first kappa shape index (κ1) is 25.3. The summed E-state index contributed by atoms with van der Waals surface area (Å²) in [6.07, 6.45) is 5.38. The van der Waals surface area contributed by atoms with E-state index in [2.05, 4.69) is 110 Å². The average molecular weight is 453 g/mol. The second-order valence-electron chi connectivity index (χ2n) is 7.77. The van der Waals surface area contributed by atoms with Gasteiger partial charge in [-0.3, -0.25) is 0 Å². The SMILES string of the molecule is C/C=C/c1ccccc1.CCC([SiH2]c1ccccc1)c1ccccc1.[SiH3]c1ccccc1. The molecule has 0 bridgehead atoms. The van der Waals surface area contributed by atoms with Gasteiger partial charge in [0.2, 0.25) is 0 Å². The van der Waals surface area contributed by atoms with Crippen molar-refractivity contribution in [1.82, 2.24) is 0 Å². The zero-order chi connectivity index (χ0) is 22.9. The number of hydrogen-bond acceptors (Lipinski definition) is 0. The van der Waals surface area contributed by atoms with Gasteiger partial charge in [0.25, 0.3) is 0 Å². The molecule has 0 spiro atoms. The van der Waals surface area contributed by atoms with Crippen molar-refractivity contribution in [2.24, 2.45) is 0 Å². The smallest absolute Gasteiger partial charge is 0.0624 e. The summed E-state index contributed by atoms with van der Waals surface area (Å²) in [7, 11) is 0.978. The van der Waals surface area contributed by atoms with Crippen molar-refractivity contribution in [2.75, 3.05) is 0 Å². The molecule has 4 aromatic rings. The number of hydrogen-bond donors (Lipinski definition) is 0. The molecule has 4 rings (SSSR count). The molecule has 1 atom stereocenters. The van der Waals surface area contributed by atoms with E-state index >= 15 is 0 Å². The van der Waals surface area contributed by atoms with Crippen molar-refractivity contribution >= 4 is 36.2 Å². The lowest BCUT2D eigenvalue weighted by atomic mass is 10.1. The van der Waals surface area contributed by atoms with Crippen molar-refractivity contribution in [3.63, 3.8) is 0 Å². The molecule has 0 aromatic heterocycles. The van der Waals surface area contributed by atoms with Gasteiger partial charge in [0, 0.05) is 10.2 Å². The maximum Gasteiger partial charge on any atom is 0.0624 e. The van der Waals surface area contributed by atoms with Gasteiger partial charge in [0.15, 0.2) is 0 Å². The van der Waals surface area contributed by atoms with E-state index in [-0.39, 0.29) is 9.52 Å². The highest BCUT2D eigenvalue weighted by Crippen LogP contribution is 2.17. The fourth-order valence-corrected chi connectivity index (χ4v) is 5.71. The molecule has 0 amide bonds. The van der Waals surface area contributed by atoms with Crippen molar-refractivity contribution in [3.05, 3.63) is 139 Å². The summed E-state index contributed by atoms with van der Waals surface area (Å²) >= 11 is 0. The van der Waals surface area contributed by atoms with E-state index in [4.69, 9.17) is 0 Å². The lowest BCUT2D eigenvalue weighted by molar-refractivity contribution is 0.876. The lowest BCUT2D eigenvalue weighted by Crippen LogP contribution is -2.21. The molecular weight excluding hydrogens is 417 g/mol. The van der Waals surface area contributed by atoms with Crippen LogP contribution in [0.2, 0.25) is 0 Å². The Balaban J connectivity index is 0.000000191. The molecule has 0 aliphatic carbocycles. The summed E-state index contributed by atoms with van der Waals surface area (Å²) in [6, 6.07) is 42.6. The normalized spacial score (nSPS) is 11.4. The van der Waals surface area contributed by atoms with Gasteiger partial charge in [-0.05, 0) is 23.6 Å². The Labute approximate surface area is 200 Å². The van der Waals surface area contributed by atoms with Crippen LogP contribution in [0.3, 0.4) is 0 Å². The first-order chi connectivity index (χ1) is 15.7. The largest absolute Gasteiger partial charge is 0.0871 e. The predicted molar refractivity (Wildman–Crippen MR) is 151 cm³/mol. The maximum absolute atomic E-state index is 2.30. The van der Waals surface area contributed by atoms with Crippen molar-refractivity contribution < 1.29 is 0 Å². The summed E-state index contributed by atoms with van der Waals surface area (Å²) in [5, 5.41) is 3.03. The number of rotatable bonds is 5. The molecule has 0 heterocycles. The first-order valence-corrected chi connectivity index (χ1v) is 14.0. The van der Waals surface area contributed by atoms with Crippen LogP contribution in [-0.4, -0.2) is 19.8 Å². The average Bonchev–Trinajstić information content (AvgIpc) is 2.86. The Hall–Kier alpha value is -2.95. The minimum Gasteiger partial charge on any atom is -0.0871 e. The van der Waals surface area contributed by atoms with Crippen LogP contribution in [0.4, 0.5) is 0 Å². The highest BCUT2D eigenvalue weighted by molar-refractivity contribution is 6.55. The molecule has 164 valence electrons. The van der Waals surface area contributed by atoms with E-state index in [0.29, 0.717) is 0 Å². The highest BCUT2D eigenvalue weighted by Gasteiger charge is 2.09. The molecule has 0 radical (unpaired) electrons. The van der Waals surface area contributed by atoms with Gasteiger partial charge in [0.05, 0.1) is 9.52 Å². The fourth-order valence-electron chi connectivity index (χ4n) is 3.41. The Bertz CT molecular complexity index is 982. The highest BCUT2D eigenvalue weighted by atomic mass is 28.2. The molecule has 0 nitrogen and oxygen atoms in total. The molecule has 1 unspecified atom stereocenters. The van der Waals surface area contributed by atoms with Crippen LogP contribution < -0.4 is 10.4 Å². The zero-order valence-electron chi connectivity index (χ0n) is 19.7. The number of benzene rings is 4. The molecular formula is C30H36Si2. The van der Waals surface area contributed by atoms with Crippen LogP contribution in [0, 0.1) is 0 Å². The third-order valence-corrected chi connectivity index (χ3v) is 8.34. The van der Waals surface area contributed by atoms with Crippen LogP contribution in [0.5, 0.6) is 0 Å². The third kappa shape index (κ3) is 10.4. The number of allylic oxidation sites excluding steroid dienone is 1. The second kappa shape index (κ2) is 15.8. The fraction of sp³-hybridized carbons (Fsp3) is 0.133. The quantitative estimate of drug-likeness (QED) is 0.373. The van der Waals surface area contributed by atoms with Gasteiger partial charge in [-0.2, -0.15) is 0 Å². The standard InChI is InChI=1S/C15H18Si.C9H10.C6H8Si/c1-2-15(13-9-5-3-6-10-13)16-14-11-7-4-8-12-14;1-2-6-9-7-4-3-5-8-9;7-6-4-2-1-3-5-6/h3-12,15H,2,16H2,1H3;2-8H,1H3;1-5H,7H3/b;6-2+;. The lowest BCUT2D eigenvalue weighted by Gasteiger charge is -2.14. The van der Waals surface area contributed by atoms with E-state index < -0.39 is 0 Å². The Morgan fingerprint density at radius 2 is 1.16 bits per heavy atom. The molecule has 0 fully saturated rings. The van der Waals surface area contributed by atoms with Crippen LogP contribution in [-0.2, 0) is 0 Å². The Morgan fingerprint density at radius 3 is 1.59 bits per heavy atom. The van der Waals surface area contributed by atoms with Crippen molar-refractivity contribution in [2.45, 2.75) is 25.8 Å². The van der Waals surface area contributed by atoms with Gasteiger partial charge >= 0.3 is 0 Å². The topological polar surface area (TPSA) is 0 Å². The van der Waals surface area contributed by atoms with Crippen molar-refractivity contribution in [1.29, 1.82) is 0 Å². The van der Waals surface area contributed by atoms with E-state index in [0.717, 1.165) is 5.54 Å². The van der Waals surface area contributed by atoms with E-state index in [1.165, 1.54) is 33.0 Å². The minimum atomic E-state index is -0.196. The van der Waals surface area contributed by atoms with Gasteiger partial charge in [-0.1, -0.05) is 157 Å². The molecule has 4 aromatic carbocycles. The van der Waals surface area contributed by atoms with Crippen LogP contribution in [0.15, 0.2) is 127 Å². The van der Waals surface area contributed by atoms with E-state index in [1.54, 1.807) is 5.19 Å². The molecule has 0 aliphatic heterocycles. The van der Waals surface area contributed by atoms with Crippen LogP contribution >= 0.6 is 0 Å². The molecule has 0 aliphatic rings. The Kier molecular flexibility index (Phi) is 12.5. The molecule has 2 heteroatoms. The van der Waals surface area contributed by atoms with Gasteiger partial charge in [-0.25, -0.2) is 0 Å². The maximum atomic E-state index is 2.30. The van der Waals surface area contributed by atoms with Crippen LogP contribution in [0.1, 0.15) is 36.9 Å². The molecule has 0 N–H and O–H groups in total. The zero-order valence-corrected chi connectivity index (χ0v) is 23.1. The summed E-state index contributed by atoms with van der Waals surface area (Å²) in [4.78, 5) is 0. The first-order valence-electron chi connectivity index (χ1n) is 11.5. The molecule has 32 heavy (non-hydrogen) atoms. The van der Waals surface area contributed by atoms with Crippen molar-refractivity contribution in [3.8, 4) is 0 Å². The summed E-state index contributed by atoms with van der Waals surface area (Å²) in [5.41, 5.74) is 3.56. The van der Waals surface area contributed by atoms with Gasteiger partial charge in [0.1, 0.15) is 0 Å². The molecule has 0 saturated carbocycles. The van der Waals surface area contributed by atoms with E-state index in [9.17, 15) is 0 Å².